The largest absolute Gasteiger partial charge is 0.443 e. The number of para-hydroxylation sites is 3. The molecule has 0 saturated carbocycles. The Hall–Kier alpha value is -4.70. The summed E-state index contributed by atoms with van der Waals surface area (Å²) in [6.07, 6.45) is 1.52. The molecule has 4 heteroatoms. The number of hydrogen-bond acceptors (Lipinski definition) is 2. The van der Waals surface area contributed by atoms with Gasteiger partial charge in [0.2, 0.25) is 0 Å². The van der Waals surface area contributed by atoms with Crippen molar-refractivity contribution in [2.24, 2.45) is 7.05 Å². The van der Waals surface area contributed by atoms with E-state index in [1.165, 1.54) is 34.1 Å². The van der Waals surface area contributed by atoms with E-state index in [0.717, 1.165) is 38.9 Å². The quantitative estimate of drug-likeness (QED) is 0.254. The van der Waals surface area contributed by atoms with Gasteiger partial charge in [-0.15, -0.1) is 0 Å². The molecule has 0 aliphatic carbocycles. The Morgan fingerprint density at radius 3 is 2.42 bits per heavy atom. The van der Waals surface area contributed by atoms with Crippen molar-refractivity contribution in [2.75, 3.05) is 0 Å². The molecular formula is C32H24N3O+. The first-order valence-corrected chi connectivity index (χ1v) is 12.1. The van der Waals surface area contributed by atoms with E-state index in [0.29, 0.717) is 0 Å². The fourth-order valence-electron chi connectivity index (χ4n) is 5.32. The number of aryl methyl sites for hydroxylation is 2. The van der Waals surface area contributed by atoms with Crippen molar-refractivity contribution in [1.29, 1.82) is 0 Å². The van der Waals surface area contributed by atoms with Crippen LogP contribution in [0.3, 0.4) is 0 Å². The summed E-state index contributed by atoms with van der Waals surface area (Å²) in [6.45, 7) is 2.19. The molecule has 0 saturated heterocycles. The van der Waals surface area contributed by atoms with Crippen molar-refractivity contribution in [3.63, 3.8) is 0 Å². The Morgan fingerprint density at radius 2 is 1.53 bits per heavy atom. The molecule has 7 aromatic rings. The molecule has 5 aromatic carbocycles. The van der Waals surface area contributed by atoms with Gasteiger partial charge in [-0.1, -0.05) is 60.7 Å². The molecule has 0 radical (unpaired) electrons. The minimum Gasteiger partial charge on any atom is -0.443 e. The van der Waals surface area contributed by atoms with Gasteiger partial charge in [0.15, 0.2) is 23.0 Å². The molecule has 36 heavy (non-hydrogen) atoms. The first-order valence-electron chi connectivity index (χ1n) is 12.1. The zero-order chi connectivity index (χ0) is 24.2. The number of rotatable bonds is 3. The van der Waals surface area contributed by atoms with Gasteiger partial charge in [-0.2, -0.15) is 4.57 Å². The lowest BCUT2D eigenvalue weighted by Gasteiger charge is -2.10. The maximum atomic E-state index is 5.73. The first-order chi connectivity index (χ1) is 17.7. The van der Waals surface area contributed by atoms with E-state index in [1.807, 2.05) is 6.07 Å². The number of oxazole rings is 1. The highest BCUT2D eigenvalue weighted by Crippen LogP contribution is 2.34. The van der Waals surface area contributed by atoms with Crippen LogP contribution in [0.2, 0.25) is 0 Å². The molecule has 0 aliphatic rings. The maximum absolute atomic E-state index is 5.73. The molecule has 0 atom stereocenters. The van der Waals surface area contributed by atoms with E-state index in [1.54, 1.807) is 0 Å². The van der Waals surface area contributed by atoms with E-state index in [2.05, 4.69) is 125 Å². The van der Waals surface area contributed by atoms with Crippen molar-refractivity contribution < 1.29 is 8.98 Å². The van der Waals surface area contributed by atoms with Gasteiger partial charge in [0, 0.05) is 5.39 Å². The molecule has 172 valence electrons. The molecule has 2 heterocycles. The van der Waals surface area contributed by atoms with Gasteiger partial charge in [0.05, 0.1) is 12.6 Å². The average Bonchev–Trinajstić information content (AvgIpc) is 3.52. The molecule has 0 amide bonds. The molecule has 0 unspecified atom stereocenters. The van der Waals surface area contributed by atoms with Gasteiger partial charge in [-0.25, -0.2) is 9.55 Å². The molecule has 0 spiro atoms. The van der Waals surface area contributed by atoms with Crippen molar-refractivity contribution in [2.45, 2.75) is 6.92 Å². The van der Waals surface area contributed by atoms with E-state index >= 15 is 0 Å². The monoisotopic (exact) mass is 466 g/mol. The van der Waals surface area contributed by atoms with Crippen LogP contribution in [0, 0.1) is 6.92 Å². The van der Waals surface area contributed by atoms with Crippen molar-refractivity contribution in [1.82, 2.24) is 9.55 Å². The van der Waals surface area contributed by atoms with Crippen molar-refractivity contribution >= 4 is 32.9 Å². The van der Waals surface area contributed by atoms with E-state index in [-0.39, 0.29) is 0 Å². The second kappa shape index (κ2) is 7.92. The predicted octanol–water partition coefficient (Wildman–Crippen LogP) is 7.39. The molecule has 0 N–H and O–H groups in total. The summed E-state index contributed by atoms with van der Waals surface area (Å²) < 4.78 is 10.4. The lowest BCUT2D eigenvalue weighted by atomic mass is 9.97. The summed E-state index contributed by atoms with van der Waals surface area (Å²) in [5, 5.41) is 2.22. The number of imidazole rings is 1. The smallest absolute Gasteiger partial charge is 0.295 e. The number of fused-ring (bicyclic) bond motifs is 4. The normalized spacial score (nSPS) is 11.6. The summed E-state index contributed by atoms with van der Waals surface area (Å²) in [6, 6.07) is 36.6. The van der Waals surface area contributed by atoms with Crippen LogP contribution in [-0.4, -0.2) is 9.55 Å². The van der Waals surface area contributed by atoms with Gasteiger partial charge >= 0.3 is 0 Å². The summed E-state index contributed by atoms with van der Waals surface area (Å²) in [5.41, 5.74) is 9.98. The van der Waals surface area contributed by atoms with Gasteiger partial charge < -0.3 is 4.42 Å². The summed E-state index contributed by atoms with van der Waals surface area (Å²) in [7, 11) is 2.15. The highest BCUT2D eigenvalue weighted by molar-refractivity contribution is 6.04. The van der Waals surface area contributed by atoms with Gasteiger partial charge in [0.1, 0.15) is 11.2 Å². The fraction of sp³-hybridized carbons (Fsp3) is 0.0625. The third-order valence-electron chi connectivity index (χ3n) is 7.15. The molecule has 2 aromatic heterocycles. The van der Waals surface area contributed by atoms with Crippen LogP contribution in [-0.2, 0) is 7.05 Å². The number of hydrogen-bond donors (Lipinski definition) is 0. The minimum absolute atomic E-state index is 0.831. The highest BCUT2D eigenvalue weighted by Gasteiger charge is 2.27. The summed E-state index contributed by atoms with van der Waals surface area (Å²) >= 11 is 0. The molecule has 4 nitrogen and oxygen atoms in total. The van der Waals surface area contributed by atoms with E-state index in [9.17, 15) is 0 Å². The lowest BCUT2D eigenvalue weighted by molar-refractivity contribution is -0.633. The predicted molar refractivity (Wildman–Crippen MR) is 145 cm³/mol. The Labute approximate surface area is 208 Å². The van der Waals surface area contributed by atoms with Crippen LogP contribution >= 0.6 is 0 Å². The highest BCUT2D eigenvalue weighted by atomic mass is 16.3. The van der Waals surface area contributed by atoms with Gasteiger partial charge in [-0.3, -0.25) is 0 Å². The third kappa shape index (κ3) is 3.08. The maximum Gasteiger partial charge on any atom is 0.295 e. The van der Waals surface area contributed by atoms with Gasteiger partial charge in [0.25, 0.3) is 5.82 Å². The Bertz CT molecular complexity index is 1910. The lowest BCUT2D eigenvalue weighted by Crippen LogP contribution is -2.30. The van der Waals surface area contributed by atoms with E-state index < -0.39 is 0 Å². The number of benzene rings is 5. The van der Waals surface area contributed by atoms with Gasteiger partial charge in [-0.05, 0) is 71.5 Å². The molecular weight excluding hydrogens is 442 g/mol. The van der Waals surface area contributed by atoms with Crippen LogP contribution in [0.15, 0.2) is 114 Å². The molecule has 7 rings (SSSR count). The van der Waals surface area contributed by atoms with Crippen molar-refractivity contribution in [3.8, 4) is 28.2 Å². The standard InChI is InChI=1S/C32H24N3O/c1-21-12-13-23(24-15-14-22-16-17-28-31(27(22)19-24)36-20-33-28)18-26(21)32-34(2)29-10-6-7-11-30(29)35(32)25-8-4-3-5-9-25/h3-20H,1-2H3/q+1. The summed E-state index contributed by atoms with van der Waals surface area (Å²) in [5.74, 6) is 1.15. The summed E-state index contributed by atoms with van der Waals surface area (Å²) in [4.78, 5) is 4.33. The molecule has 0 bridgehead atoms. The zero-order valence-electron chi connectivity index (χ0n) is 20.1. The Kier molecular flexibility index (Phi) is 4.55. The second-order valence-corrected chi connectivity index (χ2v) is 9.27. The number of nitrogens with zero attached hydrogens (tertiary/aromatic N) is 3. The second-order valence-electron chi connectivity index (χ2n) is 9.27. The Morgan fingerprint density at radius 1 is 0.778 bits per heavy atom. The molecule has 0 aliphatic heterocycles. The third-order valence-corrected chi connectivity index (χ3v) is 7.15. The van der Waals surface area contributed by atoms with E-state index in [4.69, 9.17) is 4.42 Å². The van der Waals surface area contributed by atoms with Crippen LogP contribution in [0.4, 0.5) is 0 Å². The first kappa shape index (κ1) is 20.7. The van der Waals surface area contributed by atoms with Crippen molar-refractivity contribution in [3.05, 3.63) is 115 Å². The minimum atomic E-state index is 0.831. The van der Waals surface area contributed by atoms with Crippen LogP contribution in [0.5, 0.6) is 0 Å². The average molecular weight is 467 g/mol. The molecule has 0 fully saturated rings. The topological polar surface area (TPSA) is 34.8 Å². The van der Waals surface area contributed by atoms with Crippen LogP contribution in [0.1, 0.15) is 5.56 Å². The van der Waals surface area contributed by atoms with Crippen LogP contribution < -0.4 is 4.57 Å². The fourth-order valence-corrected chi connectivity index (χ4v) is 5.32. The zero-order valence-corrected chi connectivity index (χ0v) is 20.1. The SMILES string of the molecule is Cc1ccc(-c2ccc3ccc4ncoc4c3c2)cc1-c1n(-c2ccccc2)c2ccccc2[n+]1C. The number of aromatic nitrogens is 3. The Balaban J connectivity index is 1.48. The van der Waals surface area contributed by atoms with Crippen LogP contribution in [0.25, 0.3) is 61.1 Å².